The lowest BCUT2D eigenvalue weighted by atomic mass is 10.1. The number of nitrogens with zero attached hydrogens (tertiary/aromatic N) is 5. The minimum atomic E-state index is -0.646. The molecule has 192 valence electrons. The van der Waals surface area contributed by atoms with Crippen LogP contribution in [0.1, 0.15) is 32.6 Å². The summed E-state index contributed by atoms with van der Waals surface area (Å²) >= 11 is 0. The number of hydrogen-bond donors (Lipinski definition) is 2. The summed E-state index contributed by atoms with van der Waals surface area (Å²) in [7, 11) is 1.67. The third-order valence-corrected chi connectivity index (χ3v) is 6.37. The van der Waals surface area contributed by atoms with Crippen LogP contribution in [0.15, 0.2) is 67.1 Å². The molecule has 0 atom stereocenters. The maximum Gasteiger partial charge on any atom is 0.330 e. The maximum atomic E-state index is 13.4. The molecule has 0 saturated carbocycles. The number of fused-ring (bicyclic) bond motifs is 1. The van der Waals surface area contributed by atoms with E-state index in [0.717, 1.165) is 22.4 Å². The van der Waals surface area contributed by atoms with E-state index in [0.29, 0.717) is 34.3 Å². The number of benzene rings is 2. The topological polar surface area (TPSA) is 103 Å². The zero-order valence-corrected chi connectivity index (χ0v) is 21.2. The molecule has 3 heterocycles. The van der Waals surface area contributed by atoms with E-state index in [4.69, 9.17) is 0 Å². The van der Waals surface area contributed by atoms with E-state index in [1.165, 1.54) is 11.0 Å². The van der Waals surface area contributed by atoms with Crippen LogP contribution in [0.2, 0.25) is 0 Å². The van der Waals surface area contributed by atoms with Gasteiger partial charge in [0.25, 0.3) is 5.91 Å². The average molecular weight is 512 g/mol. The molecule has 0 bridgehead atoms. The van der Waals surface area contributed by atoms with Crippen LogP contribution < -0.4 is 20.4 Å². The van der Waals surface area contributed by atoms with E-state index in [1.54, 1.807) is 60.9 Å². The Bertz CT molecular complexity index is 1540. The lowest BCUT2D eigenvalue weighted by Crippen LogP contribution is -2.46. The van der Waals surface area contributed by atoms with E-state index in [1.807, 2.05) is 26.0 Å². The number of pyridine rings is 1. The molecule has 2 aromatic carbocycles. The highest BCUT2D eigenvalue weighted by Gasteiger charge is 2.31. The molecule has 0 unspecified atom stereocenters. The Morgan fingerprint density at radius 2 is 1.92 bits per heavy atom. The number of amides is 3. The normalized spacial score (nSPS) is 12.8. The zero-order chi connectivity index (χ0) is 26.8. The Kier molecular flexibility index (Phi) is 6.69. The van der Waals surface area contributed by atoms with Gasteiger partial charge in [-0.05, 0) is 60.9 Å². The van der Waals surface area contributed by atoms with E-state index in [9.17, 15) is 14.0 Å². The number of urea groups is 1. The first-order chi connectivity index (χ1) is 18.3. The number of hydrogen-bond acceptors (Lipinski definition) is 6. The number of anilines is 5. The van der Waals surface area contributed by atoms with Gasteiger partial charge >= 0.3 is 6.03 Å². The van der Waals surface area contributed by atoms with Crippen molar-refractivity contribution in [3.05, 3.63) is 94.9 Å². The Hall–Kier alpha value is -4.86. The van der Waals surface area contributed by atoms with Crippen LogP contribution in [0, 0.1) is 13.8 Å². The molecule has 1 aliphatic heterocycles. The first-order valence-electron chi connectivity index (χ1n) is 12.0. The zero-order valence-electron chi connectivity index (χ0n) is 21.2. The Labute approximate surface area is 219 Å². The minimum absolute atomic E-state index is 0.260. The van der Waals surface area contributed by atoms with Crippen LogP contribution in [0.25, 0.3) is 0 Å². The van der Waals surface area contributed by atoms with Crippen molar-refractivity contribution in [1.82, 2.24) is 15.0 Å². The van der Waals surface area contributed by atoms with Crippen molar-refractivity contribution < 1.29 is 14.0 Å². The fourth-order valence-corrected chi connectivity index (χ4v) is 4.27. The molecular formula is C28H26FN7O2. The summed E-state index contributed by atoms with van der Waals surface area (Å²) in [5.41, 5.74) is 5.37. The smallest absolute Gasteiger partial charge is 0.324 e. The molecule has 2 N–H and O–H groups in total. The van der Waals surface area contributed by atoms with Gasteiger partial charge in [0.1, 0.15) is 12.5 Å². The van der Waals surface area contributed by atoms with E-state index < -0.39 is 6.67 Å². The summed E-state index contributed by atoms with van der Waals surface area (Å²) in [5, 5.41) is 6.03. The number of carbonyl (C=O) groups excluding carboxylic acids is 2. The molecule has 1 aliphatic rings. The molecule has 2 aromatic heterocycles. The molecule has 3 amide bonds. The quantitative estimate of drug-likeness (QED) is 0.353. The van der Waals surface area contributed by atoms with Crippen LogP contribution in [-0.2, 0) is 13.2 Å². The number of alkyl halides is 1. The highest BCUT2D eigenvalue weighted by molar-refractivity contribution is 6.07. The Balaban J connectivity index is 1.39. The van der Waals surface area contributed by atoms with E-state index in [2.05, 4.69) is 25.6 Å². The van der Waals surface area contributed by atoms with Crippen molar-refractivity contribution in [3.8, 4) is 0 Å². The summed E-state index contributed by atoms with van der Waals surface area (Å²) in [6, 6.07) is 13.4. The van der Waals surface area contributed by atoms with Gasteiger partial charge in [0.2, 0.25) is 5.95 Å². The maximum absolute atomic E-state index is 13.4. The number of nitrogens with one attached hydrogen (secondary N) is 2. The van der Waals surface area contributed by atoms with E-state index >= 15 is 0 Å². The van der Waals surface area contributed by atoms with Crippen molar-refractivity contribution in [2.24, 2.45) is 0 Å². The van der Waals surface area contributed by atoms with Crippen LogP contribution in [0.5, 0.6) is 0 Å². The second kappa shape index (κ2) is 10.3. The summed E-state index contributed by atoms with van der Waals surface area (Å²) in [4.78, 5) is 42.4. The largest absolute Gasteiger partial charge is 0.330 e. The molecule has 0 saturated heterocycles. The van der Waals surface area contributed by atoms with Gasteiger partial charge in [0.05, 0.1) is 12.2 Å². The summed E-state index contributed by atoms with van der Waals surface area (Å²) in [5.74, 6) is 0.537. The van der Waals surface area contributed by atoms with Crippen LogP contribution in [-0.4, -0.2) is 33.9 Å². The molecule has 0 spiro atoms. The van der Waals surface area contributed by atoms with Crippen LogP contribution >= 0.6 is 0 Å². The Morgan fingerprint density at radius 1 is 1.08 bits per heavy atom. The molecule has 10 heteroatoms. The average Bonchev–Trinajstić information content (AvgIpc) is 2.93. The summed E-state index contributed by atoms with van der Waals surface area (Å²) < 4.78 is 13.0. The number of rotatable bonds is 6. The molecule has 0 fully saturated rings. The molecular weight excluding hydrogens is 485 g/mol. The predicted octanol–water partition coefficient (Wildman–Crippen LogP) is 5.53. The summed E-state index contributed by atoms with van der Waals surface area (Å²) in [6.45, 7) is 3.45. The van der Waals surface area contributed by atoms with Gasteiger partial charge in [-0.25, -0.2) is 14.2 Å². The monoisotopic (exact) mass is 511 g/mol. The molecule has 5 rings (SSSR count). The highest BCUT2D eigenvalue weighted by Crippen LogP contribution is 2.33. The van der Waals surface area contributed by atoms with Crippen molar-refractivity contribution in [2.75, 3.05) is 27.5 Å². The van der Waals surface area contributed by atoms with Gasteiger partial charge in [-0.2, -0.15) is 4.98 Å². The minimum Gasteiger partial charge on any atom is -0.324 e. The molecule has 0 aliphatic carbocycles. The summed E-state index contributed by atoms with van der Waals surface area (Å²) in [6.07, 6.45) is 5.13. The molecule has 0 radical (unpaired) electrons. The fourth-order valence-electron chi connectivity index (χ4n) is 4.27. The van der Waals surface area contributed by atoms with Gasteiger partial charge in [-0.15, -0.1) is 0 Å². The van der Waals surface area contributed by atoms with Gasteiger partial charge in [0.15, 0.2) is 0 Å². The lowest BCUT2D eigenvalue weighted by molar-refractivity contribution is 0.102. The third kappa shape index (κ3) is 4.88. The van der Waals surface area contributed by atoms with Crippen molar-refractivity contribution in [3.63, 3.8) is 0 Å². The number of halogens is 1. The first-order valence-corrected chi connectivity index (χ1v) is 12.0. The highest BCUT2D eigenvalue weighted by atomic mass is 19.1. The third-order valence-electron chi connectivity index (χ3n) is 6.37. The molecule has 4 aromatic rings. The van der Waals surface area contributed by atoms with Gasteiger partial charge in [0, 0.05) is 48.1 Å². The number of carbonyl (C=O) groups is 2. The van der Waals surface area contributed by atoms with Crippen molar-refractivity contribution in [2.45, 2.75) is 27.1 Å². The number of aromatic nitrogens is 3. The fraction of sp³-hybridized carbons (Fsp3) is 0.179. The van der Waals surface area contributed by atoms with Gasteiger partial charge < -0.3 is 10.6 Å². The van der Waals surface area contributed by atoms with Crippen molar-refractivity contribution in [1.29, 1.82) is 0 Å². The first kappa shape index (κ1) is 24.8. The van der Waals surface area contributed by atoms with Crippen LogP contribution in [0.4, 0.5) is 38.0 Å². The standard InChI is InChI=1S/C28H26FN7O2/c1-17-7-8-22(32-26(37)20-6-4-5-19(11-20)13-29)12-24(17)36-16-21-15-31-27(34-25(21)35(3)28(36)38)33-23-9-10-30-14-18(23)2/h4-12,14-15H,13,16H2,1-3H3,(H,32,37)(H,30,31,33,34). The van der Waals surface area contributed by atoms with Crippen molar-refractivity contribution >= 4 is 40.8 Å². The van der Waals surface area contributed by atoms with E-state index in [-0.39, 0.29) is 18.5 Å². The Morgan fingerprint density at radius 3 is 2.71 bits per heavy atom. The van der Waals surface area contributed by atoms with Gasteiger partial charge in [-0.1, -0.05) is 18.2 Å². The molecule has 9 nitrogen and oxygen atoms in total. The lowest BCUT2D eigenvalue weighted by Gasteiger charge is -2.35. The predicted molar refractivity (Wildman–Crippen MR) is 145 cm³/mol. The second-order valence-corrected chi connectivity index (χ2v) is 9.08. The molecule has 38 heavy (non-hydrogen) atoms. The second-order valence-electron chi connectivity index (χ2n) is 9.08. The van der Waals surface area contributed by atoms with Gasteiger partial charge in [-0.3, -0.25) is 19.6 Å². The van der Waals surface area contributed by atoms with Crippen LogP contribution in [0.3, 0.4) is 0 Å². The SMILES string of the molecule is Cc1cnccc1Nc1ncc2c(n1)N(C)C(=O)N(c1cc(NC(=O)c3cccc(CF)c3)ccc1C)C2. The number of aryl methyl sites for hydroxylation is 2.